The first-order chi connectivity index (χ1) is 5.13. The molecule has 1 amide bonds. The number of carboxylic acid groups (broad SMARTS) is 1. The maximum Gasteiger partial charge on any atom is 0.408 e. The van der Waals surface area contributed by atoms with E-state index in [4.69, 9.17) is 5.11 Å². The minimum Gasteiger partial charge on any atom is -0.465 e. The normalized spacial score (nSPS) is 23.7. The molecule has 1 rings (SSSR count). The van der Waals surface area contributed by atoms with Gasteiger partial charge >= 0.3 is 6.09 Å². The number of hydrogen-bond donors (Lipinski definition) is 1. The van der Waals surface area contributed by atoms with E-state index in [9.17, 15) is 9.59 Å². The number of ketones is 1. The van der Waals surface area contributed by atoms with Gasteiger partial charge in [0, 0.05) is 12.3 Å². The first-order valence-electron chi connectivity index (χ1n) is 3.24. The highest BCUT2D eigenvalue weighted by Crippen LogP contribution is 2.23. The Balaban J connectivity index is 2.65. The molecular weight excluding hydrogens is 166 g/mol. The first kappa shape index (κ1) is 8.39. The molecule has 0 aromatic heterocycles. The molecule has 0 aliphatic carbocycles. The van der Waals surface area contributed by atoms with Gasteiger partial charge in [0.05, 0.1) is 0 Å². The number of nitrogens with zero attached hydrogens (tertiary/aromatic N) is 1. The lowest BCUT2D eigenvalue weighted by Crippen LogP contribution is -2.37. The monoisotopic (exact) mass is 175 g/mol. The number of amides is 1. The average molecular weight is 175 g/mol. The van der Waals surface area contributed by atoms with Gasteiger partial charge in [-0.05, 0) is 6.92 Å². The minimum absolute atomic E-state index is 0.0881. The SMILES string of the molecule is CC(=O)C1SCCN1C(=O)O. The molecule has 1 aliphatic heterocycles. The molecule has 0 radical (unpaired) electrons. The summed E-state index contributed by atoms with van der Waals surface area (Å²) in [5.41, 5.74) is 0. The highest BCUT2D eigenvalue weighted by atomic mass is 32.2. The van der Waals surface area contributed by atoms with E-state index in [1.54, 1.807) is 0 Å². The van der Waals surface area contributed by atoms with E-state index in [-0.39, 0.29) is 5.78 Å². The summed E-state index contributed by atoms with van der Waals surface area (Å²) in [5, 5.41) is 8.13. The Morgan fingerprint density at radius 1 is 1.64 bits per heavy atom. The number of rotatable bonds is 1. The van der Waals surface area contributed by atoms with Crippen LogP contribution in [0.25, 0.3) is 0 Å². The summed E-state index contributed by atoms with van der Waals surface area (Å²) >= 11 is 1.38. The topological polar surface area (TPSA) is 57.6 Å². The van der Waals surface area contributed by atoms with Crippen molar-refractivity contribution in [2.24, 2.45) is 0 Å². The summed E-state index contributed by atoms with van der Waals surface area (Å²) in [6.07, 6.45) is -1.00. The van der Waals surface area contributed by atoms with Crippen molar-refractivity contribution in [2.75, 3.05) is 12.3 Å². The Hall–Kier alpha value is -0.710. The Morgan fingerprint density at radius 3 is 2.64 bits per heavy atom. The molecule has 0 saturated carbocycles. The lowest BCUT2D eigenvalue weighted by molar-refractivity contribution is -0.118. The molecule has 1 saturated heterocycles. The minimum atomic E-state index is -1.00. The molecular formula is C6H9NO3S. The molecule has 11 heavy (non-hydrogen) atoms. The number of hydrogen-bond acceptors (Lipinski definition) is 3. The van der Waals surface area contributed by atoms with Crippen LogP contribution in [0.1, 0.15) is 6.92 Å². The van der Waals surface area contributed by atoms with Crippen LogP contribution in [0.15, 0.2) is 0 Å². The fraction of sp³-hybridized carbons (Fsp3) is 0.667. The Morgan fingerprint density at radius 2 is 2.27 bits per heavy atom. The average Bonchev–Trinajstić information content (AvgIpc) is 2.32. The Bertz CT molecular complexity index is 174. The van der Waals surface area contributed by atoms with Crippen LogP contribution in [-0.4, -0.2) is 39.6 Å². The van der Waals surface area contributed by atoms with Gasteiger partial charge in [-0.25, -0.2) is 4.79 Å². The largest absolute Gasteiger partial charge is 0.465 e. The molecule has 1 atom stereocenters. The van der Waals surface area contributed by atoms with Gasteiger partial charge in [0.1, 0.15) is 5.37 Å². The van der Waals surface area contributed by atoms with E-state index in [2.05, 4.69) is 0 Å². The van der Waals surface area contributed by atoms with Crippen LogP contribution in [0.5, 0.6) is 0 Å². The van der Waals surface area contributed by atoms with Crippen LogP contribution in [0.2, 0.25) is 0 Å². The van der Waals surface area contributed by atoms with Crippen molar-refractivity contribution in [3.63, 3.8) is 0 Å². The van der Waals surface area contributed by atoms with E-state index < -0.39 is 11.5 Å². The van der Waals surface area contributed by atoms with Gasteiger partial charge in [-0.1, -0.05) is 0 Å². The zero-order valence-corrected chi connectivity index (χ0v) is 6.93. The van der Waals surface area contributed by atoms with Gasteiger partial charge in [0.15, 0.2) is 5.78 Å². The Kier molecular flexibility index (Phi) is 2.38. The zero-order valence-electron chi connectivity index (χ0n) is 6.11. The van der Waals surface area contributed by atoms with Crippen LogP contribution in [0, 0.1) is 0 Å². The van der Waals surface area contributed by atoms with Crippen molar-refractivity contribution in [2.45, 2.75) is 12.3 Å². The predicted octanol–water partition coefficient (Wildman–Crippen LogP) is 0.628. The summed E-state index contributed by atoms with van der Waals surface area (Å²) < 4.78 is 0. The summed E-state index contributed by atoms with van der Waals surface area (Å²) in [5.74, 6) is 0.631. The quantitative estimate of drug-likeness (QED) is 0.635. The van der Waals surface area contributed by atoms with E-state index in [1.807, 2.05) is 0 Å². The molecule has 1 aliphatic rings. The molecule has 0 aromatic rings. The summed E-state index contributed by atoms with van der Waals surface area (Å²) in [6, 6.07) is 0. The highest BCUT2D eigenvalue weighted by Gasteiger charge is 2.32. The maximum absolute atomic E-state index is 10.8. The van der Waals surface area contributed by atoms with Crippen LogP contribution in [0.3, 0.4) is 0 Å². The maximum atomic E-state index is 10.8. The smallest absolute Gasteiger partial charge is 0.408 e. The first-order valence-corrected chi connectivity index (χ1v) is 4.29. The van der Waals surface area contributed by atoms with Crippen molar-refractivity contribution in [1.29, 1.82) is 0 Å². The fourth-order valence-electron chi connectivity index (χ4n) is 1.00. The van der Waals surface area contributed by atoms with Crippen molar-refractivity contribution in [1.82, 2.24) is 4.90 Å². The van der Waals surface area contributed by atoms with Gasteiger partial charge < -0.3 is 5.11 Å². The molecule has 1 N–H and O–H groups in total. The third kappa shape index (κ3) is 1.65. The molecule has 1 heterocycles. The molecule has 1 fully saturated rings. The molecule has 0 bridgehead atoms. The van der Waals surface area contributed by atoms with Gasteiger partial charge in [-0.3, -0.25) is 9.69 Å². The second-order valence-corrected chi connectivity index (χ2v) is 3.50. The van der Waals surface area contributed by atoms with Gasteiger partial charge in [-0.15, -0.1) is 11.8 Å². The Labute approximate surface area is 68.6 Å². The summed E-state index contributed by atoms with van der Waals surface area (Å²) in [7, 11) is 0. The number of thioether (sulfide) groups is 1. The molecule has 1 unspecified atom stereocenters. The third-order valence-electron chi connectivity index (χ3n) is 1.48. The molecule has 4 nitrogen and oxygen atoms in total. The van der Waals surface area contributed by atoms with Gasteiger partial charge in [0.2, 0.25) is 0 Å². The molecule has 0 aromatic carbocycles. The predicted molar refractivity (Wildman–Crippen MR) is 41.7 cm³/mol. The second kappa shape index (κ2) is 3.13. The summed E-state index contributed by atoms with van der Waals surface area (Å²) in [6.45, 7) is 1.88. The van der Waals surface area contributed by atoms with E-state index in [1.165, 1.54) is 23.6 Å². The van der Waals surface area contributed by atoms with E-state index in [0.29, 0.717) is 6.54 Å². The standard InChI is InChI=1S/C6H9NO3S/c1-4(8)5-7(6(9)10)2-3-11-5/h5H,2-3H2,1H3,(H,9,10). The van der Waals surface area contributed by atoms with Crippen LogP contribution in [-0.2, 0) is 4.79 Å². The number of Topliss-reactive ketones (excluding diaryl/α,β-unsaturated/α-hetero) is 1. The fourth-order valence-corrected chi connectivity index (χ4v) is 2.14. The van der Waals surface area contributed by atoms with Gasteiger partial charge in [0.25, 0.3) is 0 Å². The van der Waals surface area contributed by atoms with E-state index >= 15 is 0 Å². The molecule has 5 heteroatoms. The van der Waals surface area contributed by atoms with Crippen molar-refractivity contribution >= 4 is 23.6 Å². The van der Waals surface area contributed by atoms with Crippen molar-refractivity contribution in [3.05, 3.63) is 0 Å². The highest BCUT2D eigenvalue weighted by molar-refractivity contribution is 8.00. The van der Waals surface area contributed by atoms with Crippen LogP contribution >= 0.6 is 11.8 Å². The van der Waals surface area contributed by atoms with Crippen molar-refractivity contribution < 1.29 is 14.7 Å². The third-order valence-corrected chi connectivity index (χ3v) is 2.80. The lowest BCUT2D eigenvalue weighted by Gasteiger charge is -2.16. The zero-order chi connectivity index (χ0) is 8.43. The number of carbonyl (C=O) groups excluding carboxylic acids is 1. The summed E-state index contributed by atoms with van der Waals surface area (Å²) in [4.78, 5) is 22.5. The van der Waals surface area contributed by atoms with Gasteiger partial charge in [-0.2, -0.15) is 0 Å². The number of carbonyl (C=O) groups is 2. The lowest BCUT2D eigenvalue weighted by atomic mass is 10.4. The van der Waals surface area contributed by atoms with E-state index in [0.717, 1.165) is 5.75 Å². The van der Waals surface area contributed by atoms with Crippen LogP contribution < -0.4 is 0 Å². The second-order valence-electron chi connectivity index (χ2n) is 2.31. The molecule has 0 spiro atoms. The molecule has 62 valence electrons. The van der Waals surface area contributed by atoms with Crippen LogP contribution in [0.4, 0.5) is 4.79 Å². The van der Waals surface area contributed by atoms with Crippen molar-refractivity contribution in [3.8, 4) is 0 Å².